The molecule has 0 aromatic carbocycles. The standard InChI is InChI=1S/C17H25N3O/c1-16(2)11-5-7-17(3,10-11)15(16)20-12-6-8-19-13(9-12)14(21)18-4/h6,8-9,11,15H,5,7,10H2,1-4H3,(H,18,21)(H,19,20). The molecule has 114 valence electrons. The predicted octanol–water partition coefficient (Wildman–Crippen LogP) is 3.07. The number of nitrogens with zero attached hydrogens (tertiary/aromatic N) is 1. The lowest BCUT2D eigenvalue weighted by atomic mass is 9.68. The van der Waals surface area contributed by atoms with Crippen molar-refractivity contribution >= 4 is 11.6 Å². The minimum atomic E-state index is -0.142. The fourth-order valence-corrected chi connectivity index (χ4v) is 4.60. The summed E-state index contributed by atoms with van der Waals surface area (Å²) in [6.07, 6.45) is 5.66. The first-order valence-corrected chi connectivity index (χ1v) is 7.81. The van der Waals surface area contributed by atoms with Crippen LogP contribution in [0.25, 0.3) is 0 Å². The molecule has 0 aliphatic heterocycles. The molecule has 2 N–H and O–H groups in total. The van der Waals surface area contributed by atoms with Gasteiger partial charge in [-0.3, -0.25) is 9.78 Å². The highest BCUT2D eigenvalue weighted by Crippen LogP contribution is 2.63. The topological polar surface area (TPSA) is 54.0 Å². The third kappa shape index (κ3) is 2.21. The average molecular weight is 287 g/mol. The summed E-state index contributed by atoms with van der Waals surface area (Å²) in [6.45, 7) is 7.15. The molecule has 3 rings (SSSR count). The Kier molecular flexibility index (Phi) is 3.23. The minimum absolute atomic E-state index is 0.142. The van der Waals surface area contributed by atoms with Crippen molar-refractivity contribution in [2.24, 2.45) is 16.7 Å². The molecule has 3 atom stereocenters. The average Bonchev–Trinajstić information content (AvgIpc) is 2.94. The van der Waals surface area contributed by atoms with Crippen LogP contribution in [-0.4, -0.2) is 24.0 Å². The van der Waals surface area contributed by atoms with Gasteiger partial charge >= 0.3 is 0 Å². The smallest absolute Gasteiger partial charge is 0.269 e. The van der Waals surface area contributed by atoms with Gasteiger partial charge in [0.05, 0.1) is 0 Å². The zero-order valence-corrected chi connectivity index (χ0v) is 13.4. The monoisotopic (exact) mass is 287 g/mol. The molecular formula is C17H25N3O. The molecule has 1 heterocycles. The van der Waals surface area contributed by atoms with Gasteiger partial charge in [-0.2, -0.15) is 0 Å². The van der Waals surface area contributed by atoms with Gasteiger partial charge in [-0.15, -0.1) is 0 Å². The van der Waals surface area contributed by atoms with Crippen molar-refractivity contribution < 1.29 is 4.79 Å². The summed E-state index contributed by atoms with van der Waals surface area (Å²) < 4.78 is 0. The number of carbonyl (C=O) groups excluding carboxylic acids is 1. The fraction of sp³-hybridized carbons (Fsp3) is 0.647. The Balaban J connectivity index is 1.85. The molecule has 2 bridgehead atoms. The summed E-state index contributed by atoms with van der Waals surface area (Å²) in [4.78, 5) is 15.9. The van der Waals surface area contributed by atoms with Crippen molar-refractivity contribution in [3.63, 3.8) is 0 Å². The van der Waals surface area contributed by atoms with Crippen LogP contribution in [0.5, 0.6) is 0 Å². The Morgan fingerprint density at radius 1 is 1.38 bits per heavy atom. The van der Waals surface area contributed by atoms with Crippen LogP contribution < -0.4 is 10.6 Å². The van der Waals surface area contributed by atoms with Crippen molar-refractivity contribution in [2.75, 3.05) is 12.4 Å². The highest BCUT2D eigenvalue weighted by molar-refractivity contribution is 5.92. The fourth-order valence-electron chi connectivity index (χ4n) is 4.60. The van der Waals surface area contributed by atoms with Crippen LogP contribution in [0.3, 0.4) is 0 Å². The van der Waals surface area contributed by atoms with E-state index in [4.69, 9.17) is 0 Å². The van der Waals surface area contributed by atoms with Gasteiger partial charge < -0.3 is 10.6 Å². The number of aromatic nitrogens is 1. The second-order valence-electron chi connectivity index (χ2n) is 7.50. The molecule has 2 aliphatic rings. The molecule has 0 spiro atoms. The number of pyridine rings is 1. The van der Waals surface area contributed by atoms with Crippen LogP contribution in [0.4, 0.5) is 5.69 Å². The first-order chi connectivity index (χ1) is 9.87. The van der Waals surface area contributed by atoms with Crippen LogP contribution in [0.15, 0.2) is 18.3 Å². The number of hydrogen-bond donors (Lipinski definition) is 2. The van der Waals surface area contributed by atoms with Crippen LogP contribution >= 0.6 is 0 Å². The van der Waals surface area contributed by atoms with E-state index < -0.39 is 0 Å². The second-order valence-corrected chi connectivity index (χ2v) is 7.50. The third-order valence-electron chi connectivity index (χ3n) is 5.80. The second kappa shape index (κ2) is 4.72. The number of nitrogens with one attached hydrogen (secondary N) is 2. The van der Waals surface area contributed by atoms with E-state index in [9.17, 15) is 4.79 Å². The summed E-state index contributed by atoms with van der Waals surface area (Å²) in [5, 5.41) is 6.33. The lowest BCUT2D eigenvalue weighted by molar-refractivity contribution is 0.0958. The molecule has 3 unspecified atom stereocenters. The van der Waals surface area contributed by atoms with E-state index in [0.717, 1.165) is 11.6 Å². The van der Waals surface area contributed by atoms with E-state index in [1.54, 1.807) is 13.2 Å². The van der Waals surface area contributed by atoms with Gasteiger partial charge in [-0.05, 0) is 48.1 Å². The lowest BCUT2D eigenvalue weighted by Gasteiger charge is -2.43. The molecule has 4 nitrogen and oxygen atoms in total. The molecule has 0 radical (unpaired) electrons. The Hall–Kier alpha value is -1.58. The van der Waals surface area contributed by atoms with Crippen molar-refractivity contribution in [3.05, 3.63) is 24.0 Å². The molecule has 21 heavy (non-hydrogen) atoms. The van der Waals surface area contributed by atoms with Crippen molar-refractivity contribution in [1.82, 2.24) is 10.3 Å². The SMILES string of the molecule is CNC(=O)c1cc(NC2C3(C)CCC(C3)C2(C)C)ccn1. The number of anilines is 1. The zero-order valence-electron chi connectivity index (χ0n) is 13.4. The van der Waals surface area contributed by atoms with Gasteiger partial charge in [0.2, 0.25) is 0 Å². The largest absolute Gasteiger partial charge is 0.381 e. The van der Waals surface area contributed by atoms with Crippen molar-refractivity contribution in [2.45, 2.75) is 46.1 Å². The maximum Gasteiger partial charge on any atom is 0.269 e. The first kappa shape index (κ1) is 14.4. The van der Waals surface area contributed by atoms with E-state index in [-0.39, 0.29) is 5.91 Å². The molecule has 2 saturated carbocycles. The number of rotatable bonds is 3. The molecule has 1 amide bonds. The molecular weight excluding hydrogens is 262 g/mol. The number of amides is 1. The highest BCUT2D eigenvalue weighted by Gasteiger charge is 2.59. The van der Waals surface area contributed by atoms with E-state index >= 15 is 0 Å². The van der Waals surface area contributed by atoms with E-state index in [2.05, 4.69) is 36.4 Å². The van der Waals surface area contributed by atoms with E-state index in [1.165, 1.54) is 19.3 Å². The summed E-state index contributed by atoms with van der Waals surface area (Å²) in [7, 11) is 1.63. The van der Waals surface area contributed by atoms with Crippen molar-refractivity contribution in [1.29, 1.82) is 0 Å². The summed E-state index contributed by atoms with van der Waals surface area (Å²) >= 11 is 0. The molecule has 2 fully saturated rings. The predicted molar refractivity (Wildman–Crippen MR) is 84.3 cm³/mol. The molecule has 0 saturated heterocycles. The Morgan fingerprint density at radius 3 is 2.76 bits per heavy atom. The molecule has 4 heteroatoms. The van der Waals surface area contributed by atoms with Gasteiger partial charge in [-0.1, -0.05) is 20.8 Å². The summed E-state index contributed by atoms with van der Waals surface area (Å²) in [5.74, 6) is 0.664. The molecule has 1 aromatic heterocycles. The molecule has 1 aromatic rings. The van der Waals surface area contributed by atoms with Crippen LogP contribution in [0.1, 0.15) is 50.5 Å². The lowest BCUT2D eigenvalue weighted by Crippen LogP contribution is -2.45. The Bertz CT molecular complexity index is 564. The van der Waals surface area contributed by atoms with Gasteiger partial charge in [0.15, 0.2) is 0 Å². The number of fused-ring (bicyclic) bond motifs is 2. The van der Waals surface area contributed by atoms with Gasteiger partial charge in [0.25, 0.3) is 5.91 Å². The Morgan fingerprint density at radius 2 is 2.14 bits per heavy atom. The highest BCUT2D eigenvalue weighted by atomic mass is 16.1. The normalized spacial score (nSPS) is 33.0. The Labute approximate surface area is 126 Å². The maximum atomic E-state index is 11.7. The van der Waals surface area contributed by atoms with Crippen LogP contribution in [-0.2, 0) is 0 Å². The summed E-state index contributed by atoms with van der Waals surface area (Å²) in [5.41, 5.74) is 2.12. The quantitative estimate of drug-likeness (QED) is 0.898. The first-order valence-electron chi connectivity index (χ1n) is 7.81. The zero-order chi connectivity index (χ0) is 15.3. The number of carbonyl (C=O) groups is 1. The van der Waals surface area contributed by atoms with Crippen LogP contribution in [0.2, 0.25) is 0 Å². The van der Waals surface area contributed by atoms with E-state index in [0.29, 0.717) is 22.6 Å². The van der Waals surface area contributed by atoms with Gasteiger partial charge in [-0.25, -0.2) is 0 Å². The van der Waals surface area contributed by atoms with Crippen molar-refractivity contribution in [3.8, 4) is 0 Å². The third-order valence-corrected chi connectivity index (χ3v) is 5.80. The van der Waals surface area contributed by atoms with Gasteiger partial charge in [0, 0.05) is 25.0 Å². The maximum absolute atomic E-state index is 11.7. The summed E-state index contributed by atoms with van der Waals surface area (Å²) in [6, 6.07) is 4.26. The van der Waals surface area contributed by atoms with Gasteiger partial charge in [0.1, 0.15) is 5.69 Å². The minimum Gasteiger partial charge on any atom is -0.381 e. The number of hydrogen-bond acceptors (Lipinski definition) is 3. The van der Waals surface area contributed by atoms with Crippen LogP contribution in [0, 0.1) is 16.7 Å². The molecule has 2 aliphatic carbocycles. The van der Waals surface area contributed by atoms with E-state index in [1.807, 2.05) is 12.1 Å².